The van der Waals surface area contributed by atoms with Gasteiger partial charge in [-0.15, -0.1) is 11.6 Å². The first-order chi connectivity index (χ1) is 12.9. The van der Waals surface area contributed by atoms with Gasteiger partial charge >= 0.3 is 5.97 Å². The zero-order valence-electron chi connectivity index (χ0n) is 16.9. The van der Waals surface area contributed by atoms with Crippen LogP contribution >= 0.6 is 11.6 Å². The minimum Gasteiger partial charge on any atom is -0.481 e. The van der Waals surface area contributed by atoms with Crippen LogP contribution in [-0.2, 0) is 4.79 Å². The SMILES string of the molecule is CCC1(C(O)CCC[C@H]2C(O)CC(Cl)[C@@H]2CCCCCCC(=O)O)CCC1. The van der Waals surface area contributed by atoms with Gasteiger partial charge in [0.2, 0.25) is 0 Å². The van der Waals surface area contributed by atoms with Crippen molar-refractivity contribution < 1.29 is 20.1 Å². The summed E-state index contributed by atoms with van der Waals surface area (Å²) in [5.41, 5.74) is 0.165. The molecule has 0 bridgehead atoms. The van der Waals surface area contributed by atoms with Gasteiger partial charge in [-0.2, -0.15) is 0 Å². The number of aliphatic carboxylic acids is 1. The number of hydrogen-bond donors (Lipinski definition) is 3. The summed E-state index contributed by atoms with van der Waals surface area (Å²) in [5.74, 6) is -0.122. The van der Waals surface area contributed by atoms with E-state index in [1.807, 2.05) is 0 Å². The lowest BCUT2D eigenvalue weighted by molar-refractivity contribution is -0.137. The van der Waals surface area contributed by atoms with Crippen LogP contribution in [0.2, 0.25) is 0 Å². The maximum absolute atomic E-state index is 10.6. The molecule has 0 heterocycles. The highest BCUT2D eigenvalue weighted by molar-refractivity contribution is 6.21. The second kappa shape index (κ2) is 11.0. The van der Waals surface area contributed by atoms with Crippen molar-refractivity contribution in [3.63, 3.8) is 0 Å². The van der Waals surface area contributed by atoms with E-state index < -0.39 is 5.97 Å². The van der Waals surface area contributed by atoms with Crippen molar-refractivity contribution in [2.75, 3.05) is 0 Å². The third-order valence-electron chi connectivity index (χ3n) is 7.43. The Labute approximate surface area is 169 Å². The van der Waals surface area contributed by atoms with E-state index in [9.17, 15) is 15.0 Å². The molecule has 0 saturated heterocycles. The van der Waals surface area contributed by atoms with E-state index in [0.29, 0.717) is 12.3 Å². The van der Waals surface area contributed by atoms with Gasteiger partial charge in [-0.1, -0.05) is 39.0 Å². The van der Waals surface area contributed by atoms with Crippen LogP contribution < -0.4 is 0 Å². The van der Waals surface area contributed by atoms with Crippen LogP contribution in [0.1, 0.15) is 96.8 Å². The molecule has 0 aromatic carbocycles. The lowest BCUT2D eigenvalue weighted by Crippen LogP contribution is -2.40. The molecule has 3 N–H and O–H groups in total. The quantitative estimate of drug-likeness (QED) is 0.295. The highest BCUT2D eigenvalue weighted by Crippen LogP contribution is 2.48. The monoisotopic (exact) mass is 402 g/mol. The van der Waals surface area contributed by atoms with Crippen LogP contribution in [0.4, 0.5) is 0 Å². The van der Waals surface area contributed by atoms with Gasteiger partial charge in [0.1, 0.15) is 0 Å². The number of unbranched alkanes of at least 4 members (excludes halogenated alkanes) is 3. The van der Waals surface area contributed by atoms with Gasteiger partial charge in [-0.3, -0.25) is 4.79 Å². The Balaban J connectivity index is 1.70. The van der Waals surface area contributed by atoms with Crippen molar-refractivity contribution in [1.82, 2.24) is 0 Å². The van der Waals surface area contributed by atoms with Crippen LogP contribution in [-0.4, -0.2) is 38.9 Å². The van der Waals surface area contributed by atoms with Crippen molar-refractivity contribution in [2.24, 2.45) is 17.3 Å². The number of alkyl halides is 1. The lowest BCUT2D eigenvalue weighted by Gasteiger charge is -2.45. The summed E-state index contributed by atoms with van der Waals surface area (Å²) in [6.07, 6.45) is 12.6. The van der Waals surface area contributed by atoms with Crippen LogP contribution in [0.15, 0.2) is 0 Å². The van der Waals surface area contributed by atoms with E-state index in [1.54, 1.807) is 0 Å². The number of carboxylic acids is 1. The maximum Gasteiger partial charge on any atom is 0.303 e. The molecule has 2 saturated carbocycles. The van der Waals surface area contributed by atoms with Gasteiger partial charge in [0.25, 0.3) is 0 Å². The van der Waals surface area contributed by atoms with Crippen molar-refractivity contribution in [3.05, 3.63) is 0 Å². The van der Waals surface area contributed by atoms with Gasteiger partial charge in [-0.25, -0.2) is 0 Å². The Morgan fingerprint density at radius 3 is 2.37 bits per heavy atom. The molecule has 27 heavy (non-hydrogen) atoms. The van der Waals surface area contributed by atoms with E-state index >= 15 is 0 Å². The van der Waals surface area contributed by atoms with Crippen molar-refractivity contribution in [2.45, 2.75) is 114 Å². The number of hydrogen-bond acceptors (Lipinski definition) is 3. The largest absolute Gasteiger partial charge is 0.481 e. The lowest BCUT2D eigenvalue weighted by atomic mass is 9.62. The molecule has 0 aliphatic heterocycles. The van der Waals surface area contributed by atoms with E-state index in [4.69, 9.17) is 16.7 Å². The molecular weight excluding hydrogens is 364 g/mol. The predicted octanol–water partition coefficient (Wildman–Crippen LogP) is 5.13. The van der Waals surface area contributed by atoms with E-state index in [0.717, 1.165) is 70.6 Å². The fourth-order valence-electron chi connectivity index (χ4n) is 5.35. The Bertz CT molecular complexity index is 446. The average Bonchev–Trinajstić information content (AvgIpc) is 2.84. The summed E-state index contributed by atoms with van der Waals surface area (Å²) < 4.78 is 0. The molecule has 0 amide bonds. The van der Waals surface area contributed by atoms with E-state index in [-0.39, 0.29) is 35.3 Å². The zero-order valence-corrected chi connectivity index (χ0v) is 17.7. The average molecular weight is 403 g/mol. The third kappa shape index (κ3) is 6.33. The van der Waals surface area contributed by atoms with E-state index in [2.05, 4.69) is 6.92 Å². The molecule has 4 nitrogen and oxygen atoms in total. The molecule has 0 spiro atoms. The molecule has 0 radical (unpaired) electrons. The zero-order chi connectivity index (χ0) is 19.9. The second-order valence-electron chi connectivity index (χ2n) is 9.01. The fourth-order valence-corrected chi connectivity index (χ4v) is 5.85. The number of halogens is 1. The summed E-state index contributed by atoms with van der Waals surface area (Å²) in [4.78, 5) is 10.6. The number of carboxylic acid groups (broad SMARTS) is 1. The van der Waals surface area contributed by atoms with Crippen LogP contribution in [0, 0.1) is 17.3 Å². The smallest absolute Gasteiger partial charge is 0.303 e. The maximum atomic E-state index is 10.6. The van der Waals surface area contributed by atoms with Gasteiger partial charge in [0.15, 0.2) is 0 Å². The normalized spacial score (nSPS) is 30.8. The minimum absolute atomic E-state index is 0.0440. The molecule has 0 aromatic heterocycles. The topological polar surface area (TPSA) is 77.8 Å². The van der Waals surface area contributed by atoms with Crippen LogP contribution in [0.3, 0.4) is 0 Å². The minimum atomic E-state index is -0.719. The van der Waals surface area contributed by atoms with Crippen molar-refractivity contribution in [1.29, 1.82) is 0 Å². The first-order valence-corrected chi connectivity index (χ1v) is 11.6. The Morgan fingerprint density at radius 2 is 1.78 bits per heavy atom. The van der Waals surface area contributed by atoms with Crippen molar-refractivity contribution >= 4 is 17.6 Å². The highest BCUT2D eigenvalue weighted by Gasteiger charge is 2.43. The molecule has 2 aliphatic rings. The number of carbonyl (C=O) groups is 1. The van der Waals surface area contributed by atoms with Gasteiger partial charge in [0, 0.05) is 11.8 Å². The Hall–Kier alpha value is -0.320. The number of rotatable bonds is 13. The van der Waals surface area contributed by atoms with E-state index in [1.165, 1.54) is 6.42 Å². The summed E-state index contributed by atoms with van der Waals surface area (Å²) in [6, 6.07) is 0. The van der Waals surface area contributed by atoms with Crippen molar-refractivity contribution in [3.8, 4) is 0 Å². The molecule has 2 rings (SSSR count). The summed E-state index contributed by atoms with van der Waals surface area (Å²) in [7, 11) is 0. The van der Waals surface area contributed by atoms with Crippen LogP contribution in [0.5, 0.6) is 0 Å². The molecule has 3 unspecified atom stereocenters. The fraction of sp³-hybridized carbons (Fsp3) is 0.955. The molecule has 0 aromatic rings. The highest BCUT2D eigenvalue weighted by atomic mass is 35.5. The Morgan fingerprint density at radius 1 is 1.11 bits per heavy atom. The molecular formula is C22H39ClO4. The summed E-state index contributed by atoms with van der Waals surface area (Å²) in [5, 5.41) is 29.8. The first kappa shape index (κ1) is 23.0. The Kier molecular flexibility index (Phi) is 9.37. The molecule has 2 aliphatic carbocycles. The second-order valence-corrected chi connectivity index (χ2v) is 9.57. The predicted molar refractivity (Wildman–Crippen MR) is 109 cm³/mol. The van der Waals surface area contributed by atoms with Gasteiger partial charge in [0.05, 0.1) is 12.2 Å². The molecule has 158 valence electrons. The molecule has 2 fully saturated rings. The number of aliphatic hydroxyl groups is 2. The molecule has 5 atom stereocenters. The first-order valence-electron chi connectivity index (χ1n) is 11.1. The van der Waals surface area contributed by atoms with Gasteiger partial charge < -0.3 is 15.3 Å². The van der Waals surface area contributed by atoms with Crippen LogP contribution in [0.25, 0.3) is 0 Å². The summed E-state index contributed by atoms with van der Waals surface area (Å²) in [6.45, 7) is 2.19. The van der Waals surface area contributed by atoms with Gasteiger partial charge in [-0.05, 0) is 68.6 Å². The standard InChI is InChI=1S/C22H39ClO4/c1-2-22(13-8-14-22)20(25)11-7-10-17-16(18(23)15-19(17)24)9-5-3-4-6-12-21(26)27/h16-20,24-25H,2-15H2,1H3,(H,26,27)/t16-,17-,18?,19?,20?/m1/s1. The summed E-state index contributed by atoms with van der Waals surface area (Å²) >= 11 is 6.53. The third-order valence-corrected chi connectivity index (χ3v) is 7.93. The molecule has 5 heteroatoms. The number of aliphatic hydroxyl groups excluding tert-OH is 2.